The van der Waals surface area contributed by atoms with E-state index in [0.29, 0.717) is 0 Å². The minimum Gasteiger partial charge on any atom is -0.547 e. The summed E-state index contributed by atoms with van der Waals surface area (Å²) in [6, 6.07) is 0. The van der Waals surface area contributed by atoms with Crippen molar-refractivity contribution in [2.24, 2.45) is 23.7 Å². The molecule has 0 aromatic heterocycles. The second-order valence-electron chi connectivity index (χ2n) is 6.82. The van der Waals surface area contributed by atoms with Crippen LogP contribution in [-0.2, 0) is 14.0 Å². The summed E-state index contributed by atoms with van der Waals surface area (Å²) in [5, 5.41) is 0. The number of ketones is 2. The van der Waals surface area contributed by atoms with Crippen LogP contribution in [0.5, 0.6) is 0 Å². The first-order valence-corrected chi connectivity index (χ1v) is 10.4. The molecule has 0 aromatic carbocycles. The Hall–Kier alpha value is -1.16. The Balaban J connectivity index is 1.96. The third kappa shape index (κ3) is 2.12. The van der Waals surface area contributed by atoms with Crippen molar-refractivity contribution < 1.29 is 14.0 Å². The Kier molecular flexibility index (Phi) is 2.82. The molecular formula is C15H20O3Si. The highest BCUT2D eigenvalue weighted by Crippen LogP contribution is 2.51. The van der Waals surface area contributed by atoms with Crippen molar-refractivity contribution in [2.45, 2.75) is 32.5 Å². The van der Waals surface area contributed by atoms with E-state index < -0.39 is 8.32 Å². The average Bonchev–Trinajstić information content (AvgIpc) is 2.32. The Labute approximate surface area is 114 Å². The Bertz CT molecular complexity index is 498. The highest BCUT2D eigenvalue weighted by Gasteiger charge is 2.51. The quantitative estimate of drug-likeness (QED) is 0.728. The highest BCUT2D eigenvalue weighted by molar-refractivity contribution is 6.70. The fourth-order valence-electron chi connectivity index (χ4n) is 3.70. The van der Waals surface area contributed by atoms with E-state index >= 15 is 0 Å². The first-order valence-electron chi connectivity index (χ1n) is 7.03. The molecule has 0 saturated heterocycles. The molecule has 4 heteroatoms. The van der Waals surface area contributed by atoms with Gasteiger partial charge in [-0.15, -0.1) is 0 Å². The maximum atomic E-state index is 12.2. The van der Waals surface area contributed by atoms with Crippen LogP contribution >= 0.6 is 0 Å². The summed E-state index contributed by atoms with van der Waals surface area (Å²) in [7, 11) is -1.66. The van der Waals surface area contributed by atoms with E-state index in [0.717, 1.165) is 18.6 Å². The molecule has 4 rings (SSSR count). The molecular weight excluding hydrogens is 256 g/mol. The number of carbonyl (C=O) groups is 2. The molecule has 19 heavy (non-hydrogen) atoms. The second kappa shape index (κ2) is 4.17. The van der Waals surface area contributed by atoms with E-state index in [1.165, 1.54) is 12.2 Å². The first-order chi connectivity index (χ1) is 8.87. The molecule has 4 aliphatic rings. The van der Waals surface area contributed by atoms with Crippen LogP contribution in [0.3, 0.4) is 0 Å². The van der Waals surface area contributed by atoms with Crippen molar-refractivity contribution in [3.63, 3.8) is 0 Å². The minimum atomic E-state index is -1.66. The molecule has 0 heterocycles. The van der Waals surface area contributed by atoms with Crippen LogP contribution in [0.2, 0.25) is 19.6 Å². The fraction of sp³-hybridized carbons (Fsp3) is 0.600. The lowest BCUT2D eigenvalue weighted by atomic mass is 9.57. The van der Waals surface area contributed by atoms with Crippen LogP contribution in [0.4, 0.5) is 0 Å². The molecule has 1 fully saturated rings. The summed E-state index contributed by atoms with van der Waals surface area (Å²) in [6.07, 6.45) is 7.07. The van der Waals surface area contributed by atoms with Crippen LogP contribution < -0.4 is 0 Å². The molecule has 2 bridgehead atoms. The summed E-state index contributed by atoms with van der Waals surface area (Å²) in [5.74, 6) is 1.28. The number of carbonyl (C=O) groups excluding carboxylic acids is 2. The smallest absolute Gasteiger partial charge is 0.241 e. The SMILES string of the molecule is C[Si](C)(C)OC1=C[C@@H]2CC[C@H]1[C@@H]1C(=O)C=CC(=O)[C@@H]12. The third-order valence-corrected chi connectivity index (χ3v) is 5.18. The van der Waals surface area contributed by atoms with Gasteiger partial charge in [-0.3, -0.25) is 9.59 Å². The van der Waals surface area contributed by atoms with Gasteiger partial charge < -0.3 is 4.43 Å². The summed E-state index contributed by atoms with van der Waals surface area (Å²) in [4.78, 5) is 24.2. The molecule has 0 unspecified atom stereocenters. The zero-order valence-electron chi connectivity index (χ0n) is 11.7. The molecule has 0 aromatic rings. The van der Waals surface area contributed by atoms with Crippen LogP contribution in [0.1, 0.15) is 12.8 Å². The van der Waals surface area contributed by atoms with Crippen molar-refractivity contribution >= 4 is 19.9 Å². The van der Waals surface area contributed by atoms with Crippen molar-refractivity contribution in [3.05, 3.63) is 24.0 Å². The molecule has 0 radical (unpaired) electrons. The Morgan fingerprint density at radius 1 is 1.05 bits per heavy atom. The highest BCUT2D eigenvalue weighted by atomic mass is 28.4. The number of fused-ring (bicyclic) bond motifs is 1. The number of allylic oxidation sites excluding steroid dienone is 4. The van der Waals surface area contributed by atoms with Crippen molar-refractivity contribution in [1.29, 1.82) is 0 Å². The van der Waals surface area contributed by atoms with Gasteiger partial charge >= 0.3 is 0 Å². The third-order valence-electron chi connectivity index (χ3n) is 4.33. The monoisotopic (exact) mass is 276 g/mol. The molecule has 0 aliphatic heterocycles. The van der Waals surface area contributed by atoms with Crippen molar-refractivity contribution in [3.8, 4) is 0 Å². The number of hydrogen-bond donors (Lipinski definition) is 0. The zero-order chi connectivity index (χ0) is 13.8. The van der Waals surface area contributed by atoms with E-state index in [4.69, 9.17) is 4.43 Å². The molecule has 0 spiro atoms. The standard InChI is InChI=1S/C15H20O3Si/c1-19(2,3)18-13-8-9-4-5-10(13)15-12(17)7-6-11(16)14(9)15/h6-10,14-15H,4-5H2,1-3H3/t9-,10+,14-,15+/m0/s1. The van der Waals surface area contributed by atoms with Crippen LogP contribution in [0, 0.1) is 23.7 Å². The fourth-order valence-corrected chi connectivity index (χ4v) is 4.63. The lowest BCUT2D eigenvalue weighted by Gasteiger charge is -2.47. The largest absolute Gasteiger partial charge is 0.547 e. The Morgan fingerprint density at radius 3 is 2.32 bits per heavy atom. The summed E-state index contributed by atoms with van der Waals surface area (Å²) >= 11 is 0. The van der Waals surface area contributed by atoms with E-state index in [-0.39, 0.29) is 35.2 Å². The second-order valence-corrected chi connectivity index (χ2v) is 11.2. The van der Waals surface area contributed by atoms with Gasteiger partial charge in [-0.2, -0.15) is 0 Å². The van der Waals surface area contributed by atoms with Gasteiger partial charge in [0, 0.05) is 17.8 Å². The molecule has 3 nitrogen and oxygen atoms in total. The number of rotatable bonds is 2. The van der Waals surface area contributed by atoms with Gasteiger partial charge in [-0.25, -0.2) is 0 Å². The van der Waals surface area contributed by atoms with Gasteiger partial charge in [0.2, 0.25) is 8.32 Å². The van der Waals surface area contributed by atoms with E-state index in [1.807, 2.05) is 0 Å². The van der Waals surface area contributed by atoms with E-state index in [1.54, 1.807) is 0 Å². The molecule has 4 atom stereocenters. The predicted octanol–water partition coefficient (Wildman–Crippen LogP) is 2.70. The van der Waals surface area contributed by atoms with Crippen LogP contribution in [-0.4, -0.2) is 19.9 Å². The predicted molar refractivity (Wildman–Crippen MR) is 74.9 cm³/mol. The molecule has 102 valence electrons. The molecule has 1 saturated carbocycles. The lowest BCUT2D eigenvalue weighted by Crippen LogP contribution is -2.49. The van der Waals surface area contributed by atoms with Gasteiger partial charge in [-0.1, -0.05) is 0 Å². The molecule has 0 amide bonds. The van der Waals surface area contributed by atoms with Crippen molar-refractivity contribution in [1.82, 2.24) is 0 Å². The van der Waals surface area contributed by atoms with E-state index in [9.17, 15) is 9.59 Å². The first kappa shape index (κ1) is 12.8. The average molecular weight is 276 g/mol. The maximum absolute atomic E-state index is 12.2. The molecule has 4 aliphatic carbocycles. The normalized spacial score (nSPS) is 37.1. The summed E-state index contributed by atoms with van der Waals surface area (Å²) < 4.78 is 6.16. The summed E-state index contributed by atoms with van der Waals surface area (Å²) in [6.45, 7) is 6.46. The summed E-state index contributed by atoms with van der Waals surface area (Å²) in [5.41, 5.74) is 0. The molecule has 0 N–H and O–H groups in total. The minimum absolute atomic E-state index is 0.115. The van der Waals surface area contributed by atoms with Crippen LogP contribution in [0.25, 0.3) is 0 Å². The van der Waals surface area contributed by atoms with Gasteiger partial charge in [0.15, 0.2) is 11.6 Å². The number of hydrogen-bond acceptors (Lipinski definition) is 3. The van der Waals surface area contributed by atoms with Crippen LogP contribution in [0.15, 0.2) is 24.0 Å². The van der Waals surface area contributed by atoms with Gasteiger partial charge in [0.1, 0.15) is 0 Å². The zero-order valence-corrected chi connectivity index (χ0v) is 12.7. The van der Waals surface area contributed by atoms with Gasteiger partial charge in [0.05, 0.1) is 5.76 Å². The van der Waals surface area contributed by atoms with Gasteiger partial charge in [0.25, 0.3) is 0 Å². The van der Waals surface area contributed by atoms with E-state index in [2.05, 4.69) is 25.7 Å². The topological polar surface area (TPSA) is 43.4 Å². The van der Waals surface area contributed by atoms with Crippen molar-refractivity contribution in [2.75, 3.05) is 0 Å². The lowest BCUT2D eigenvalue weighted by molar-refractivity contribution is -0.135. The van der Waals surface area contributed by atoms with Gasteiger partial charge in [-0.05, 0) is 56.6 Å². The Morgan fingerprint density at radius 2 is 1.68 bits per heavy atom. The maximum Gasteiger partial charge on any atom is 0.241 e.